The van der Waals surface area contributed by atoms with Gasteiger partial charge in [0.1, 0.15) is 5.75 Å². The van der Waals surface area contributed by atoms with Crippen molar-refractivity contribution >= 4 is 0 Å². The van der Waals surface area contributed by atoms with Gasteiger partial charge in [-0.1, -0.05) is 158 Å². The van der Waals surface area contributed by atoms with Gasteiger partial charge in [-0.2, -0.15) is 0 Å². The molecule has 6 aromatic rings. The SMILES string of the molecule is COc1ccc(C(c2ccccc2)c2ccccc2)c(C(c2ccccc2)(c2ccccc2)c2ccccc2)c1. The fourth-order valence-electron chi connectivity index (χ4n) is 6.11. The van der Waals surface area contributed by atoms with Crippen LogP contribution in [0.15, 0.2) is 170 Å². The summed E-state index contributed by atoms with van der Waals surface area (Å²) < 4.78 is 5.90. The summed E-state index contributed by atoms with van der Waals surface area (Å²) in [4.78, 5) is 0. The second kappa shape index (κ2) is 11.5. The molecule has 1 heteroatoms. The molecule has 0 aliphatic heterocycles. The number of hydrogen-bond acceptors (Lipinski definition) is 1. The minimum absolute atomic E-state index is 0.0267. The highest BCUT2D eigenvalue weighted by molar-refractivity contribution is 5.65. The molecule has 0 atom stereocenters. The van der Waals surface area contributed by atoms with Crippen molar-refractivity contribution in [3.8, 4) is 5.75 Å². The maximum absolute atomic E-state index is 5.90. The van der Waals surface area contributed by atoms with E-state index in [1.165, 1.54) is 38.9 Å². The number of benzene rings is 6. The Bertz CT molecular complexity index is 1510. The molecule has 0 spiro atoms. The van der Waals surface area contributed by atoms with Crippen molar-refractivity contribution < 1.29 is 4.74 Å². The Morgan fingerprint density at radius 1 is 0.450 bits per heavy atom. The quantitative estimate of drug-likeness (QED) is 0.183. The Morgan fingerprint density at radius 3 is 1.20 bits per heavy atom. The lowest BCUT2D eigenvalue weighted by Crippen LogP contribution is -2.33. The van der Waals surface area contributed by atoms with E-state index < -0.39 is 5.41 Å². The summed E-state index contributed by atoms with van der Waals surface area (Å²) in [7, 11) is 1.75. The van der Waals surface area contributed by atoms with Crippen LogP contribution in [0.3, 0.4) is 0 Å². The van der Waals surface area contributed by atoms with E-state index >= 15 is 0 Å². The van der Waals surface area contributed by atoms with E-state index in [2.05, 4.69) is 170 Å². The fourth-order valence-corrected chi connectivity index (χ4v) is 6.11. The van der Waals surface area contributed by atoms with Crippen LogP contribution < -0.4 is 4.74 Å². The van der Waals surface area contributed by atoms with E-state index in [4.69, 9.17) is 4.74 Å². The second-order valence-corrected chi connectivity index (χ2v) is 10.1. The van der Waals surface area contributed by atoms with Gasteiger partial charge in [-0.25, -0.2) is 0 Å². The van der Waals surface area contributed by atoms with E-state index in [9.17, 15) is 0 Å². The molecule has 1 nitrogen and oxygen atoms in total. The lowest BCUT2D eigenvalue weighted by atomic mass is 9.62. The highest BCUT2D eigenvalue weighted by Gasteiger charge is 2.41. The zero-order valence-corrected chi connectivity index (χ0v) is 22.7. The Labute approximate surface area is 237 Å². The topological polar surface area (TPSA) is 9.23 Å². The van der Waals surface area contributed by atoms with Crippen molar-refractivity contribution in [2.45, 2.75) is 11.3 Å². The molecule has 0 radical (unpaired) electrons. The van der Waals surface area contributed by atoms with E-state index in [1.54, 1.807) is 7.11 Å². The second-order valence-electron chi connectivity index (χ2n) is 10.1. The summed E-state index contributed by atoms with van der Waals surface area (Å²) in [5.74, 6) is 0.865. The van der Waals surface area contributed by atoms with Gasteiger partial charge in [-0.3, -0.25) is 0 Å². The van der Waals surface area contributed by atoms with Crippen molar-refractivity contribution in [1.82, 2.24) is 0 Å². The zero-order chi connectivity index (χ0) is 27.2. The van der Waals surface area contributed by atoms with E-state index in [1.807, 2.05) is 0 Å². The Kier molecular flexibility index (Phi) is 7.28. The van der Waals surface area contributed by atoms with E-state index in [-0.39, 0.29) is 5.92 Å². The minimum atomic E-state index is -0.588. The fraction of sp³-hybridized carbons (Fsp3) is 0.0769. The van der Waals surface area contributed by atoms with Crippen LogP contribution in [0.2, 0.25) is 0 Å². The maximum atomic E-state index is 5.90. The molecule has 0 N–H and O–H groups in total. The van der Waals surface area contributed by atoms with E-state index in [0.29, 0.717) is 0 Å². The zero-order valence-electron chi connectivity index (χ0n) is 22.7. The lowest BCUT2D eigenvalue weighted by molar-refractivity contribution is 0.413. The van der Waals surface area contributed by atoms with Crippen LogP contribution in [0.4, 0.5) is 0 Å². The molecule has 0 heterocycles. The molecule has 0 bridgehead atoms. The van der Waals surface area contributed by atoms with Crippen LogP contribution in [-0.2, 0) is 5.41 Å². The third-order valence-electron chi connectivity index (χ3n) is 7.86. The van der Waals surface area contributed by atoms with Gasteiger partial charge in [0.2, 0.25) is 0 Å². The van der Waals surface area contributed by atoms with Gasteiger partial charge in [0.25, 0.3) is 0 Å². The normalized spacial score (nSPS) is 11.3. The van der Waals surface area contributed by atoms with Crippen molar-refractivity contribution in [2.75, 3.05) is 7.11 Å². The molecule has 0 saturated heterocycles. The maximum Gasteiger partial charge on any atom is 0.119 e. The molecular weight excluding hydrogens is 484 g/mol. The molecule has 0 unspecified atom stereocenters. The summed E-state index contributed by atoms with van der Waals surface area (Å²) >= 11 is 0. The minimum Gasteiger partial charge on any atom is -0.497 e. The number of rotatable bonds is 8. The summed E-state index contributed by atoms with van der Waals surface area (Å²) in [5, 5.41) is 0. The molecule has 6 aromatic carbocycles. The summed E-state index contributed by atoms with van der Waals surface area (Å²) in [6.07, 6.45) is 0. The van der Waals surface area contributed by atoms with Gasteiger partial charge < -0.3 is 4.74 Å². The first-order valence-electron chi connectivity index (χ1n) is 13.8. The van der Waals surface area contributed by atoms with Crippen molar-refractivity contribution in [1.29, 1.82) is 0 Å². The molecule has 40 heavy (non-hydrogen) atoms. The standard InChI is InChI=1S/C39H32O/c1-40-35-27-28-36(38(30-17-7-2-8-18-30)31-19-9-3-10-20-31)37(29-35)39(32-21-11-4-12-22-32,33-23-13-5-14-24-33)34-25-15-6-16-26-34/h2-29,38H,1H3. The third kappa shape index (κ3) is 4.61. The van der Waals surface area contributed by atoms with Crippen LogP contribution in [0.1, 0.15) is 44.9 Å². The summed E-state index contributed by atoms with van der Waals surface area (Å²) in [5.41, 5.74) is 8.00. The molecule has 0 amide bonds. The van der Waals surface area contributed by atoms with Crippen LogP contribution in [0, 0.1) is 0 Å². The highest BCUT2D eigenvalue weighted by atomic mass is 16.5. The van der Waals surface area contributed by atoms with Gasteiger partial charge in [-0.15, -0.1) is 0 Å². The number of methoxy groups -OCH3 is 1. The third-order valence-corrected chi connectivity index (χ3v) is 7.86. The summed E-state index contributed by atoms with van der Waals surface area (Å²) in [6, 6.07) is 60.9. The predicted octanol–water partition coefficient (Wildman–Crippen LogP) is 9.26. The van der Waals surface area contributed by atoms with Crippen LogP contribution in [0.25, 0.3) is 0 Å². The highest BCUT2D eigenvalue weighted by Crippen LogP contribution is 2.50. The first-order valence-corrected chi connectivity index (χ1v) is 13.8. The van der Waals surface area contributed by atoms with Crippen LogP contribution in [-0.4, -0.2) is 7.11 Å². The smallest absolute Gasteiger partial charge is 0.119 e. The van der Waals surface area contributed by atoms with Crippen molar-refractivity contribution in [2.24, 2.45) is 0 Å². The summed E-state index contributed by atoms with van der Waals surface area (Å²) in [6.45, 7) is 0. The van der Waals surface area contributed by atoms with E-state index in [0.717, 1.165) is 5.75 Å². The average molecular weight is 517 g/mol. The van der Waals surface area contributed by atoms with Gasteiger partial charge in [-0.05, 0) is 51.1 Å². The van der Waals surface area contributed by atoms with Crippen LogP contribution >= 0.6 is 0 Å². The number of hydrogen-bond donors (Lipinski definition) is 0. The van der Waals surface area contributed by atoms with Crippen LogP contribution in [0.5, 0.6) is 5.75 Å². The van der Waals surface area contributed by atoms with Gasteiger partial charge in [0.15, 0.2) is 0 Å². The molecule has 0 aliphatic carbocycles. The van der Waals surface area contributed by atoms with Gasteiger partial charge in [0.05, 0.1) is 12.5 Å². The first-order chi connectivity index (χ1) is 19.8. The molecule has 0 aliphatic rings. The molecule has 6 rings (SSSR count). The molecule has 0 saturated carbocycles. The van der Waals surface area contributed by atoms with Gasteiger partial charge in [0, 0.05) is 5.92 Å². The molecule has 194 valence electrons. The van der Waals surface area contributed by atoms with Crippen molar-refractivity contribution in [3.05, 3.63) is 209 Å². The molecule has 0 fully saturated rings. The predicted molar refractivity (Wildman–Crippen MR) is 165 cm³/mol. The lowest BCUT2D eigenvalue weighted by Gasteiger charge is -2.39. The van der Waals surface area contributed by atoms with Gasteiger partial charge >= 0.3 is 0 Å². The Balaban J connectivity index is 1.77. The molecular formula is C39H32O. The average Bonchev–Trinajstić information content (AvgIpc) is 3.05. The number of ether oxygens (including phenoxy) is 1. The monoisotopic (exact) mass is 516 g/mol. The molecule has 0 aromatic heterocycles. The van der Waals surface area contributed by atoms with Crippen molar-refractivity contribution in [3.63, 3.8) is 0 Å². The largest absolute Gasteiger partial charge is 0.497 e. The Hall–Kier alpha value is -4.88. The first kappa shape index (κ1) is 25.4. The Morgan fingerprint density at radius 2 is 0.825 bits per heavy atom.